The zero-order valence-corrected chi connectivity index (χ0v) is 14.3. The zero-order chi connectivity index (χ0) is 15.6. The Morgan fingerprint density at radius 3 is 1.43 bits per heavy atom. The van der Waals surface area contributed by atoms with E-state index >= 15 is 0 Å². The van der Waals surface area contributed by atoms with Crippen LogP contribution in [0.1, 0.15) is 103 Å². The smallest absolute Gasteiger partial charge is 0.0687 e. The molecule has 128 valence electrons. The second kappa shape index (κ2) is 17.9. The van der Waals surface area contributed by atoms with E-state index in [9.17, 15) is 5.11 Å². The van der Waals surface area contributed by atoms with Crippen molar-refractivity contribution in [2.45, 2.75) is 109 Å². The minimum atomic E-state index is -0.396. The molecule has 0 spiro atoms. The van der Waals surface area contributed by atoms with E-state index in [1.807, 2.05) is 5.48 Å². The van der Waals surface area contributed by atoms with Crippen LogP contribution in [0.2, 0.25) is 0 Å². The summed E-state index contributed by atoms with van der Waals surface area (Å²) in [6.45, 7) is 2.56. The van der Waals surface area contributed by atoms with Crippen molar-refractivity contribution in [2.24, 2.45) is 0 Å². The lowest BCUT2D eigenvalue weighted by Gasteiger charge is -2.08. The van der Waals surface area contributed by atoms with Crippen LogP contribution < -0.4 is 5.48 Å². The van der Waals surface area contributed by atoms with Gasteiger partial charge in [-0.3, -0.25) is 0 Å². The minimum absolute atomic E-state index is 0.290. The van der Waals surface area contributed by atoms with E-state index in [1.54, 1.807) is 0 Å². The van der Waals surface area contributed by atoms with Crippen LogP contribution in [0.4, 0.5) is 0 Å². The zero-order valence-electron chi connectivity index (χ0n) is 14.3. The van der Waals surface area contributed by atoms with Gasteiger partial charge in [0.25, 0.3) is 0 Å². The predicted octanol–water partition coefficient (Wildman–Crippen LogP) is 5.20. The Balaban J connectivity index is 2.99. The third-order valence-electron chi connectivity index (χ3n) is 4.22. The van der Waals surface area contributed by atoms with Crippen molar-refractivity contribution >= 4 is 0 Å². The SMILES string of the molecule is CCCCCCCCCCCCCCCCC(O)CNO. The number of nitrogens with one attached hydrogen (secondary N) is 1. The molecule has 3 nitrogen and oxygen atoms in total. The predicted molar refractivity (Wildman–Crippen MR) is 90.7 cm³/mol. The molecule has 0 bridgehead atoms. The van der Waals surface area contributed by atoms with Gasteiger partial charge in [-0.25, -0.2) is 5.48 Å². The number of aliphatic hydroxyl groups is 1. The first kappa shape index (κ1) is 20.9. The lowest BCUT2D eigenvalue weighted by atomic mass is 10.0. The number of unbranched alkanes of at least 4 members (excludes halogenated alkanes) is 13. The number of hydroxylamine groups is 1. The molecule has 0 saturated heterocycles. The maximum absolute atomic E-state index is 9.42. The summed E-state index contributed by atoms with van der Waals surface area (Å²) in [7, 11) is 0. The van der Waals surface area contributed by atoms with Gasteiger partial charge in [0.1, 0.15) is 0 Å². The van der Waals surface area contributed by atoms with Gasteiger partial charge in [-0.1, -0.05) is 96.8 Å². The molecule has 0 fully saturated rings. The van der Waals surface area contributed by atoms with Gasteiger partial charge in [0.05, 0.1) is 6.10 Å². The van der Waals surface area contributed by atoms with E-state index < -0.39 is 6.10 Å². The Morgan fingerprint density at radius 1 is 0.667 bits per heavy atom. The maximum atomic E-state index is 9.42. The second-order valence-electron chi connectivity index (χ2n) is 6.40. The van der Waals surface area contributed by atoms with Gasteiger partial charge in [0.15, 0.2) is 0 Å². The summed E-state index contributed by atoms with van der Waals surface area (Å²) in [6.07, 6.45) is 19.4. The van der Waals surface area contributed by atoms with Gasteiger partial charge >= 0.3 is 0 Å². The van der Waals surface area contributed by atoms with Crippen molar-refractivity contribution in [1.82, 2.24) is 5.48 Å². The highest BCUT2D eigenvalue weighted by atomic mass is 16.5. The maximum Gasteiger partial charge on any atom is 0.0687 e. The largest absolute Gasteiger partial charge is 0.392 e. The fourth-order valence-electron chi connectivity index (χ4n) is 2.78. The van der Waals surface area contributed by atoms with Gasteiger partial charge in [-0.05, 0) is 6.42 Å². The normalized spacial score (nSPS) is 12.7. The molecule has 21 heavy (non-hydrogen) atoms. The molecule has 0 aromatic carbocycles. The summed E-state index contributed by atoms with van der Waals surface area (Å²) in [5.41, 5.74) is 2.02. The minimum Gasteiger partial charge on any atom is -0.392 e. The summed E-state index contributed by atoms with van der Waals surface area (Å²) >= 11 is 0. The van der Waals surface area contributed by atoms with Crippen LogP contribution in [0.5, 0.6) is 0 Å². The van der Waals surface area contributed by atoms with Crippen LogP contribution in [0, 0.1) is 0 Å². The van der Waals surface area contributed by atoms with Crippen LogP contribution in [0.25, 0.3) is 0 Å². The molecule has 3 heteroatoms. The molecule has 0 heterocycles. The van der Waals surface area contributed by atoms with Crippen LogP contribution in [0.15, 0.2) is 0 Å². The van der Waals surface area contributed by atoms with Crippen molar-refractivity contribution in [3.63, 3.8) is 0 Å². The van der Waals surface area contributed by atoms with Crippen LogP contribution in [-0.4, -0.2) is 23.0 Å². The Hall–Kier alpha value is -0.120. The highest BCUT2D eigenvalue weighted by molar-refractivity contribution is 4.56. The molecular weight excluding hydrogens is 262 g/mol. The summed E-state index contributed by atoms with van der Waals surface area (Å²) in [5, 5.41) is 17.9. The number of rotatable bonds is 17. The van der Waals surface area contributed by atoms with Gasteiger partial charge < -0.3 is 10.3 Å². The van der Waals surface area contributed by atoms with Crippen LogP contribution in [-0.2, 0) is 0 Å². The van der Waals surface area contributed by atoms with Crippen molar-refractivity contribution in [3.8, 4) is 0 Å². The summed E-state index contributed by atoms with van der Waals surface area (Å²) < 4.78 is 0. The number of hydrogen-bond donors (Lipinski definition) is 3. The fraction of sp³-hybridized carbons (Fsp3) is 1.00. The highest BCUT2D eigenvalue weighted by Gasteiger charge is 2.01. The topological polar surface area (TPSA) is 52.5 Å². The second-order valence-corrected chi connectivity index (χ2v) is 6.40. The van der Waals surface area contributed by atoms with E-state index in [0.29, 0.717) is 6.54 Å². The molecule has 3 N–H and O–H groups in total. The highest BCUT2D eigenvalue weighted by Crippen LogP contribution is 2.13. The molecule has 0 amide bonds. The van der Waals surface area contributed by atoms with Crippen molar-refractivity contribution in [2.75, 3.05) is 6.54 Å². The fourth-order valence-corrected chi connectivity index (χ4v) is 2.78. The van der Waals surface area contributed by atoms with Crippen LogP contribution in [0.3, 0.4) is 0 Å². The van der Waals surface area contributed by atoms with Crippen LogP contribution >= 0.6 is 0 Å². The summed E-state index contributed by atoms with van der Waals surface area (Å²) in [5.74, 6) is 0. The first-order chi connectivity index (χ1) is 10.3. The molecule has 1 unspecified atom stereocenters. The molecular formula is C18H39NO2. The first-order valence-electron chi connectivity index (χ1n) is 9.36. The van der Waals surface area contributed by atoms with E-state index in [-0.39, 0.29) is 0 Å². The van der Waals surface area contributed by atoms with E-state index in [1.165, 1.54) is 83.5 Å². The standard InChI is InChI=1S/C18H39NO2/c1-2-3-4-5-6-7-8-9-10-11-12-13-14-15-16-18(20)17-19-21/h18-21H,2-17H2,1H3. The Kier molecular flexibility index (Phi) is 17.8. The molecule has 0 aliphatic rings. The van der Waals surface area contributed by atoms with E-state index in [4.69, 9.17) is 5.21 Å². The van der Waals surface area contributed by atoms with Crippen molar-refractivity contribution < 1.29 is 10.3 Å². The third kappa shape index (κ3) is 17.8. The van der Waals surface area contributed by atoms with Gasteiger partial charge in [-0.15, -0.1) is 0 Å². The Labute approximate surface area is 132 Å². The molecule has 0 radical (unpaired) electrons. The average Bonchev–Trinajstić information content (AvgIpc) is 2.48. The molecule has 0 aliphatic heterocycles. The third-order valence-corrected chi connectivity index (χ3v) is 4.22. The molecule has 1 atom stereocenters. The molecule has 0 aromatic rings. The van der Waals surface area contributed by atoms with Gasteiger partial charge in [0, 0.05) is 6.54 Å². The summed E-state index contributed by atoms with van der Waals surface area (Å²) in [4.78, 5) is 0. The van der Waals surface area contributed by atoms with Crippen molar-refractivity contribution in [1.29, 1.82) is 0 Å². The lowest BCUT2D eigenvalue weighted by molar-refractivity contribution is 0.0856. The molecule has 0 aromatic heterocycles. The number of hydrogen-bond acceptors (Lipinski definition) is 3. The quantitative estimate of drug-likeness (QED) is 0.256. The molecule has 0 rings (SSSR count). The van der Waals surface area contributed by atoms with Gasteiger partial charge in [0.2, 0.25) is 0 Å². The van der Waals surface area contributed by atoms with Crippen molar-refractivity contribution in [3.05, 3.63) is 0 Å². The van der Waals surface area contributed by atoms with Gasteiger partial charge in [-0.2, -0.15) is 0 Å². The Morgan fingerprint density at radius 2 is 1.05 bits per heavy atom. The molecule has 0 saturated carbocycles. The summed E-state index contributed by atoms with van der Waals surface area (Å²) in [6, 6.07) is 0. The monoisotopic (exact) mass is 301 g/mol. The average molecular weight is 302 g/mol. The molecule has 0 aliphatic carbocycles. The number of aliphatic hydroxyl groups excluding tert-OH is 1. The lowest BCUT2D eigenvalue weighted by Crippen LogP contribution is -2.23. The first-order valence-corrected chi connectivity index (χ1v) is 9.36. The van der Waals surface area contributed by atoms with E-state index in [0.717, 1.165) is 12.8 Å². The van der Waals surface area contributed by atoms with E-state index in [2.05, 4.69) is 6.92 Å². The Bertz CT molecular complexity index is 188.